The smallest absolute Gasteiger partial charge is 0.161 e. The molecule has 1 fully saturated rings. The van der Waals surface area contributed by atoms with Gasteiger partial charge in [-0.15, -0.1) is 0 Å². The van der Waals surface area contributed by atoms with Gasteiger partial charge >= 0.3 is 0 Å². The Morgan fingerprint density at radius 3 is 2.65 bits per heavy atom. The van der Waals surface area contributed by atoms with Crippen molar-refractivity contribution in [2.24, 2.45) is 0 Å². The molecule has 37 heavy (non-hydrogen) atoms. The van der Waals surface area contributed by atoms with Gasteiger partial charge in [-0.2, -0.15) is 0 Å². The highest BCUT2D eigenvalue weighted by molar-refractivity contribution is 5.43. The van der Waals surface area contributed by atoms with Crippen molar-refractivity contribution in [1.82, 2.24) is 14.5 Å². The number of aryl methyl sites for hydroxylation is 2. The minimum absolute atomic E-state index is 0.0159. The number of halogens is 2. The Labute approximate surface area is 215 Å². The molecule has 3 aromatic rings. The van der Waals surface area contributed by atoms with Crippen LogP contribution in [0.25, 0.3) is 0 Å². The molecular weight excluding hydrogens is 484 g/mol. The lowest BCUT2D eigenvalue weighted by atomic mass is 10.1. The fourth-order valence-corrected chi connectivity index (χ4v) is 4.29. The summed E-state index contributed by atoms with van der Waals surface area (Å²) < 4.78 is 51.6. The minimum Gasteiger partial charge on any atom is -0.493 e. The molecule has 0 saturated carbocycles. The molecule has 200 valence electrons. The van der Waals surface area contributed by atoms with Crippen molar-refractivity contribution in [2.45, 2.75) is 32.0 Å². The number of ether oxygens (including phenoxy) is 4. The number of benzene rings is 2. The van der Waals surface area contributed by atoms with Crippen LogP contribution in [0.4, 0.5) is 8.78 Å². The van der Waals surface area contributed by atoms with Gasteiger partial charge in [0.2, 0.25) is 0 Å². The van der Waals surface area contributed by atoms with E-state index in [1.807, 2.05) is 36.2 Å². The Bertz CT molecular complexity index is 1150. The normalized spacial score (nSPS) is 18.4. The maximum atomic E-state index is 13.5. The summed E-state index contributed by atoms with van der Waals surface area (Å²) in [5, 5.41) is 11.1. The van der Waals surface area contributed by atoms with Gasteiger partial charge in [0, 0.05) is 56.8 Å². The number of methoxy groups -OCH3 is 1. The molecular formula is C27H33F2N3O5. The maximum Gasteiger partial charge on any atom is 0.161 e. The zero-order valence-electron chi connectivity index (χ0n) is 21.2. The first-order chi connectivity index (χ1) is 17.8. The van der Waals surface area contributed by atoms with Gasteiger partial charge in [-0.05, 0) is 31.0 Å². The van der Waals surface area contributed by atoms with Crippen molar-refractivity contribution < 1.29 is 32.8 Å². The molecule has 2 aromatic carbocycles. The molecule has 10 heteroatoms. The molecule has 1 N–H and O–H groups in total. The van der Waals surface area contributed by atoms with Crippen LogP contribution in [-0.4, -0.2) is 71.8 Å². The van der Waals surface area contributed by atoms with Crippen LogP contribution in [-0.2, 0) is 17.8 Å². The van der Waals surface area contributed by atoms with Crippen molar-refractivity contribution in [2.75, 3.05) is 46.6 Å². The van der Waals surface area contributed by atoms with Crippen molar-refractivity contribution in [3.05, 3.63) is 71.8 Å². The molecule has 1 unspecified atom stereocenters. The maximum absolute atomic E-state index is 13.5. The predicted octanol–water partition coefficient (Wildman–Crippen LogP) is 3.59. The van der Waals surface area contributed by atoms with Crippen LogP contribution in [0.3, 0.4) is 0 Å². The van der Waals surface area contributed by atoms with E-state index in [4.69, 9.17) is 18.9 Å². The van der Waals surface area contributed by atoms with Crippen molar-refractivity contribution in [3.63, 3.8) is 0 Å². The summed E-state index contributed by atoms with van der Waals surface area (Å²) in [4.78, 5) is 6.27. The highest BCUT2D eigenvalue weighted by atomic mass is 19.1. The topological polar surface area (TPSA) is 78.2 Å². The van der Waals surface area contributed by atoms with Gasteiger partial charge in [-0.1, -0.05) is 6.07 Å². The Kier molecular flexibility index (Phi) is 8.96. The Morgan fingerprint density at radius 1 is 1.11 bits per heavy atom. The van der Waals surface area contributed by atoms with E-state index in [1.54, 1.807) is 13.3 Å². The average Bonchev–Trinajstić information content (AvgIpc) is 3.18. The fourth-order valence-electron chi connectivity index (χ4n) is 4.29. The number of aliphatic hydroxyl groups is 1. The second kappa shape index (κ2) is 12.4. The lowest BCUT2D eigenvalue weighted by Crippen LogP contribution is -2.48. The zero-order chi connectivity index (χ0) is 26.3. The minimum atomic E-state index is -1.35. The summed E-state index contributed by atoms with van der Waals surface area (Å²) in [6.45, 7) is 5.06. The number of β-amino-alcohol motifs (C(OH)–C–C–N with tert-alkyl or cyclic N) is 1. The molecule has 1 aromatic heterocycles. The van der Waals surface area contributed by atoms with Crippen LogP contribution in [0.1, 0.15) is 17.8 Å². The monoisotopic (exact) mass is 517 g/mol. The van der Waals surface area contributed by atoms with Crippen LogP contribution in [0.5, 0.6) is 17.2 Å². The second-order valence-corrected chi connectivity index (χ2v) is 9.24. The SMILES string of the molecule is COc1cc(CN2CCOCC(O)(COc3cc(F)cc(F)c3)C2)ccc1OCCCn1ccnc1C. The van der Waals surface area contributed by atoms with Gasteiger partial charge < -0.3 is 28.6 Å². The molecule has 8 nitrogen and oxygen atoms in total. The summed E-state index contributed by atoms with van der Waals surface area (Å²) in [5.41, 5.74) is -0.365. The molecule has 0 radical (unpaired) electrons. The second-order valence-electron chi connectivity index (χ2n) is 9.24. The highest BCUT2D eigenvalue weighted by Gasteiger charge is 2.33. The lowest BCUT2D eigenvalue weighted by Gasteiger charge is -2.30. The summed E-state index contributed by atoms with van der Waals surface area (Å²) >= 11 is 0. The third kappa shape index (κ3) is 7.64. The van der Waals surface area contributed by atoms with E-state index in [2.05, 4.69) is 9.55 Å². The Morgan fingerprint density at radius 2 is 1.92 bits per heavy atom. The molecule has 0 spiro atoms. The summed E-state index contributed by atoms with van der Waals surface area (Å²) in [7, 11) is 1.60. The van der Waals surface area contributed by atoms with Crippen molar-refractivity contribution in [3.8, 4) is 17.2 Å². The van der Waals surface area contributed by atoms with E-state index in [0.717, 1.165) is 42.6 Å². The van der Waals surface area contributed by atoms with Crippen molar-refractivity contribution in [1.29, 1.82) is 0 Å². The number of aromatic nitrogens is 2. The van der Waals surface area contributed by atoms with Gasteiger partial charge in [0.25, 0.3) is 0 Å². The quantitative estimate of drug-likeness (QED) is 0.390. The van der Waals surface area contributed by atoms with Crippen molar-refractivity contribution >= 4 is 0 Å². The predicted molar refractivity (Wildman–Crippen MR) is 133 cm³/mol. The molecule has 1 saturated heterocycles. The van der Waals surface area contributed by atoms with E-state index < -0.39 is 17.2 Å². The molecule has 1 aliphatic rings. The van der Waals surface area contributed by atoms with E-state index in [0.29, 0.717) is 37.8 Å². The van der Waals surface area contributed by atoms with Gasteiger partial charge in [-0.3, -0.25) is 4.90 Å². The molecule has 0 bridgehead atoms. The number of hydrogen-bond donors (Lipinski definition) is 1. The van der Waals surface area contributed by atoms with E-state index in [-0.39, 0.29) is 25.5 Å². The van der Waals surface area contributed by atoms with Crippen LogP contribution in [0, 0.1) is 18.6 Å². The number of hydrogen-bond acceptors (Lipinski definition) is 7. The molecule has 4 rings (SSSR count). The summed E-state index contributed by atoms with van der Waals surface area (Å²) in [6, 6.07) is 8.71. The van der Waals surface area contributed by atoms with Crippen LogP contribution in [0.2, 0.25) is 0 Å². The molecule has 2 heterocycles. The van der Waals surface area contributed by atoms with Crippen LogP contribution < -0.4 is 14.2 Å². The first kappa shape index (κ1) is 26.8. The van der Waals surface area contributed by atoms with E-state index in [9.17, 15) is 13.9 Å². The first-order valence-corrected chi connectivity index (χ1v) is 12.2. The fraction of sp³-hybridized carbons (Fsp3) is 0.444. The zero-order valence-corrected chi connectivity index (χ0v) is 21.2. The van der Waals surface area contributed by atoms with Crippen LogP contribution in [0.15, 0.2) is 48.8 Å². The lowest BCUT2D eigenvalue weighted by molar-refractivity contribution is -0.0647. The largest absolute Gasteiger partial charge is 0.493 e. The first-order valence-electron chi connectivity index (χ1n) is 12.2. The standard InChI is InChI=1S/C27H33F2N3O5/c1-20-30-6-8-32(20)7-3-10-36-25-5-4-21(12-26(25)34-2)16-31-9-11-35-18-27(33,17-31)19-37-24-14-22(28)13-23(29)15-24/h4-6,8,12-15,33H,3,7,9-11,16-19H2,1-2H3. The Hall–Kier alpha value is -3.21. The van der Waals surface area contributed by atoms with Gasteiger partial charge in [0.05, 0.1) is 26.9 Å². The van der Waals surface area contributed by atoms with Gasteiger partial charge in [0.1, 0.15) is 35.4 Å². The van der Waals surface area contributed by atoms with Gasteiger partial charge in [-0.25, -0.2) is 13.8 Å². The summed E-state index contributed by atoms with van der Waals surface area (Å²) in [6.07, 6.45) is 4.57. The summed E-state index contributed by atoms with van der Waals surface area (Å²) in [5.74, 6) is 0.810. The number of nitrogens with zero attached hydrogens (tertiary/aromatic N) is 3. The highest BCUT2D eigenvalue weighted by Crippen LogP contribution is 2.29. The average molecular weight is 518 g/mol. The van der Waals surface area contributed by atoms with Crippen LogP contribution >= 0.6 is 0 Å². The van der Waals surface area contributed by atoms with E-state index >= 15 is 0 Å². The third-order valence-corrected chi connectivity index (χ3v) is 6.14. The third-order valence-electron chi connectivity index (χ3n) is 6.14. The molecule has 1 aliphatic heterocycles. The number of imidazole rings is 1. The van der Waals surface area contributed by atoms with E-state index in [1.165, 1.54) is 0 Å². The Balaban J connectivity index is 1.33. The molecule has 0 aliphatic carbocycles. The van der Waals surface area contributed by atoms with Gasteiger partial charge in [0.15, 0.2) is 11.5 Å². The molecule has 1 atom stereocenters. The molecule has 0 amide bonds. The number of rotatable bonds is 11.